The van der Waals surface area contributed by atoms with Crippen LogP contribution in [0, 0.1) is 0 Å². The van der Waals surface area contributed by atoms with Crippen molar-refractivity contribution in [2.75, 3.05) is 7.11 Å². The Morgan fingerprint density at radius 3 is 2.89 bits per heavy atom. The van der Waals surface area contributed by atoms with E-state index in [9.17, 15) is 8.42 Å². The number of thiophene rings is 1. The van der Waals surface area contributed by atoms with Crippen molar-refractivity contribution < 1.29 is 18.3 Å². The molecule has 1 aliphatic rings. The van der Waals surface area contributed by atoms with E-state index in [-0.39, 0.29) is 23.0 Å². The van der Waals surface area contributed by atoms with Crippen molar-refractivity contribution in [3.63, 3.8) is 0 Å². The molecule has 1 fully saturated rings. The number of methoxy groups -OCH3 is 1. The molecule has 1 aromatic rings. The second-order valence-corrected chi connectivity index (χ2v) is 7.42. The summed E-state index contributed by atoms with van der Waals surface area (Å²) >= 11 is 1.09. The van der Waals surface area contributed by atoms with E-state index in [1.165, 1.54) is 6.07 Å². The summed E-state index contributed by atoms with van der Waals surface area (Å²) in [5, 5.41) is 8.96. The van der Waals surface area contributed by atoms with E-state index < -0.39 is 10.0 Å². The topological polar surface area (TPSA) is 75.6 Å². The third-order valence-electron chi connectivity index (χ3n) is 3.12. The highest BCUT2D eigenvalue weighted by molar-refractivity contribution is 7.91. The molecule has 0 saturated heterocycles. The fourth-order valence-corrected chi connectivity index (χ4v) is 4.72. The molecule has 102 valence electrons. The van der Waals surface area contributed by atoms with Gasteiger partial charge in [-0.2, -0.15) is 0 Å². The Bertz CT molecular complexity index is 497. The van der Waals surface area contributed by atoms with Gasteiger partial charge in [0.2, 0.25) is 10.0 Å². The first-order valence-electron chi connectivity index (χ1n) is 5.81. The summed E-state index contributed by atoms with van der Waals surface area (Å²) in [6.45, 7) is -0.135. The molecule has 0 aromatic carbocycles. The second kappa shape index (κ2) is 5.66. The Kier molecular flexibility index (Phi) is 4.39. The van der Waals surface area contributed by atoms with Crippen molar-refractivity contribution in [3.8, 4) is 0 Å². The van der Waals surface area contributed by atoms with E-state index in [0.29, 0.717) is 4.88 Å². The molecule has 0 bridgehead atoms. The van der Waals surface area contributed by atoms with Crippen LogP contribution in [0.1, 0.15) is 24.1 Å². The van der Waals surface area contributed by atoms with Gasteiger partial charge in [-0.1, -0.05) is 0 Å². The number of aliphatic hydroxyl groups excluding tert-OH is 1. The number of hydrogen-bond donors (Lipinski definition) is 2. The zero-order valence-electron chi connectivity index (χ0n) is 10.1. The Labute approximate surface area is 111 Å². The van der Waals surface area contributed by atoms with Gasteiger partial charge in [-0.15, -0.1) is 11.3 Å². The number of sulfonamides is 1. The number of hydrogen-bond acceptors (Lipinski definition) is 5. The average molecular weight is 291 g/mol. The molecule has 1 aliphatic carbocycles. The molecule has 2 unspecified atom stereocenters. The first kappa shape index (κ1) is 14.0. The summed E-state index contributed by atoms with van der Waals surface area (Å²) in [7, 11) is -1.90. The van der Waals surface area contributed by atoms with E-state index >= 15 is 0 Å². The Balaban J connectivity index is 2.11. The molecule has 2 rings (SSSR count). The number of ether oxygens (including phenoxy) is 1. The van der Waals surface area contributed by atoms with Gasteiger partial charge >= 0.3 is 0 Å². The average Bonchev–Trinajstić information content (AvgIpc) is 2.96. The number of nitrogens with one attached hydrogen (secondary N) is 1. The fraction of sp³-hybridized carbons (Fsp3) is 0.636. The van der Waals surface area contributed by atoms with E-state index in [4.69, 9.17) is 9.84 Å². The summed E-state index contributed by atoms with van der Waals surface area (Å²) in [4.78, 5) is 0.644. The van der Waals surface area contributed by atoms with Crippen LogP contribution in [0.3, 0.4) is 0 Å². The van der Waals surface area contributed by atoms with Gasteiger partial charge in [-0.3, -0.25) is 0 Å². The van der Waals surface area contributed by atoms with Crippen molar-refractivity contribution in [2.45, 2.75) is 42.2 Å². The van der Waals surface area contributed by atoms with E-state index in [0.717, 1.165) is 30.6 Å². The van der Waals surface area contributed by atoms with Crippen LogP contribution in [0.4, 0.5) is 0 Å². The Hall–Kier alpha value is -0.470. The normalized spacial score (nSPS) is 24.6. The van der Waals surface area contributed by atoms with Crippen molar-refractivity contribution in [1.29, 1.82) is 0 Å². The van der Waals surface area contributed by atoms with E-state index in [1.54, 1.807) is 13.2 Å². The van der Waals surface area contributed by atoms with Gasteiger partial charge in [0.1, 0.15) is 4.21 Å². The molecule has 1 aromatic heterocycles. The van der Waals surface area contributed by atoms with Crippen LogP contribution >= 0.6 is 11.3 Å². The third kappa shape index (κ3) is 2.92. The van der Waals surface area contributed by atoms with E-state index in [2.05, 4.69) is 4.72 Å². The zero-order chi connectivity index (χ0) is 13.2. The highest BCUT2D eigenvalue weighted by atomic mass is 32.2. The lowest BCUT2D eigenvalue weighted by molar-refractivity contribution is 0.0916. The van der Waals surface area contributed by atoms with Gasteiger partial charge in [-0.25, -0.2) is 13.1 Å². The number of aliphatic hydroxyl groups is 1. The molecular weight excluding hydrogens is 274 g/mol. The largest absolute Gasteiger partial charge is 0.391 e. The molecule has 1 saturated carbocycles. The van der Waals surface area contributed by atoms with Gasteiger partial charge < -0.3 is 9.84 Å². The van der Waals surface area contributed by atoms with E-state index in [1.807, 2.05) is 0 Å². The predicted molar refractivity (Wildman–Crippen MR) is 69.0 cm³/mol. The molecule has 0 aliphatic heterocycles. The van der Waals surface area contributed by atoms with Gasteiger partial charge in [0.15, 0.2) is 0 Å². The Morgan fingerprint density at radius 1 is 1.50 bits per heavy atom. The minimum Gasteiger partial charge on any atom is -0.391 e. The van der Waals surface area contributed by atoms with Gasteiger partial charge in [-0.05, 0) is 31.4 Å². The minimum atomic E-state index is -3.50. The predicted octanol–water partition coefficient (Wildman–Crippen LogP) is 1.09. The first-order valence-corrected chi connectivity index (χ1v) is 8.11. The monoisotopic (exact) mass is 291 g/mol. The smallest absolute Gasteiger partial charge is 0.250 e. The molecule has 7 heteroatoms. The minimum absolute atomic E-state index is 0.0444. The van der Waals surface area contributed by atoms with Gasteiger partial charge in [0, 0.05) is 18.0 Å². The van der Waals surface area contributed by atoms with Crippen LogP contribution in [0.25, 0.3) is 0 Å². The van der Waals surface area contributed by atoms with Crippen LogP contribution in [0.2, 0.25) is 0 Å². The number of rotatable bonds is 5. The summed E-state index contributed by atoms with van der Waals surface area (Å²) < 4.78 is 32.5. The van der Waals surface area contributed by atoms with Crippen LogP contribution in [0.15, 0.2) is 16.3 Å². The second-order valence-electron chi connectivity index (χ2n) is 4.31. The van der Waals surface area contributed by atoms with Crippen molar-refractivity contribution in [3.05, 3.63) is 17.0 Å². The molecule has 0 amide bonds. The molecular formula is C11H17NO4S2. The highest BCUT2D eigenvalue weighted by Gasteiger charge is 2.31. The van der Waals surface area contributed by atoms with Crippen molar-refractivity contribution in [2.24, 2.45) is 0 Å². The lowest BCUT2D eigenvalue weighted by Crippen LogP contribution is -2.40. The fourth-order valence-electron chi connectivity index (χ4n) is 2.19. The molecule has 2 atom stereocenters. The molecule has 18 heavy (non-hydrogen) atoms. The van der Waals surface area contributed by atoms with Crippen molar-refractivity contribution in [1.82, 2.24) is 4.72 Å². The summed E-state index contributed by atoms with van der Waals surface area (Å²) in [6.07, 6.45) is 2.61. The van der Waals surface area contributed by atoms with Crippen LogP contribution in [-0.4, -0.2) is 32.8 Å². The first-order chi connectivity index (χ1) is 8.56. The Morgan fingerprint density at radius 2 is 2.28 bits per heavy atom. The summed E-state index contributed by atoms with van der Waals surface area (Å²) in [5.41, 5.74) is 0. The third-order valence-corrected chi connectivity index (χ3v) is 6.17. The molecule has 0 spiro atoms. The quantitative estimate of drug-likeness (QED) is 0.851. The molecule has 1 heterocycles. The highest BCUT2D eigenvalue weighted by Crippen LogP contribution is 2.26. The SMILES string of the molecule is COC1CCCC1NS(=O)(=O)c1ccc(CO)s1. The maximum absolute atomic E-state index is 12.1. The van der Waals surface area contributed by atoms with Gasteiger partial charge in [0.05, 0.1) is 12.7 Å². The molecule has 2 N–H and O–H groups in total. The standard InChI is InChI=1S/C11H17NO4S2/c1-16-10-4-2-3-9(10)12-18(14,15)11-6-5-8(7-13)17-11/h5-6,9-10,12-13H,2-4,7H2,1H3. The van der Waals surface area contributed by atoms with Crippen molar-refractivity contribution >= 4 is 21.4 Å². The van der Waals surface area contributed by atoms with Crippen LogP contribution in [-0.2, 0) is 21.4 Å². The lowest BCUT2D eigenvalue weighted by Gasteiger charge is -2.18. The van der Waals surface area contributed by atoms with Crippen LogP contribution < -0.4 is 4.72 Å². The maximum Gasteiger partial charge on any atom is 0.250 e. The van der Waals surface area contributed by atoms with Gasteiger partial charge in [0.25, 0.3) is 0 Å². The zero-order valence-corrected chi connectivity index (χ0v) is 11.8. The summed E-state index contributed by atoms with van der Waals surface area (Å²) in [5.74, 6) is 0. The maximum atomic E-state index is 12.1. The molecule has 5 nitrogen and oxygen atoms in total. The summed E-state index contributed by atoms with van der Waals surface area (Å²) in [6, 6.07) is 3.00. The lowest BCUT2D eigenvalue weighted by atomic mass is 10.2. The van der Waals surface area contributed by atoms with Crippen LogP contribution in [0.5, 0.6) is 0 Å². The molecule has 0 radical (unpaired) electrons.